The minimum atomic E-state index is -5.44. The number of hydrogen-bond donors (Lipinski definition) is 0. The quantitative estimate of drug-likeness (QED) is 0.621. The van der Waals surface area contributed by atoms with Crippen molar-refractivity contribution in [3.05, 3.63) is 0 Å². The maximum absolute atomic E-state index is 11.9. The molecule has 0 aromatic heterocycles. The molecule has 0 aliphatic carbocycles. The second-order valence-corrected chi connectivity index (χ2v) is 3.69. The second kappa shape index (κ2) is 3.60. The van der Waals surface area contributed by atoms with E-state index in [0.717, 1.165) is 20.8 Å². The van der Waals surface area contributed by atoms with Crippen LogP contribution in [0.3, 0.4) is 0 Å². The van der Waals surface area contributed by atoms with Crippen LogP contribution in [-0.2, 0) is 4.74 Å². The lowest BCUT2D eigenvalue weighted by atomic mass is 10.2. The summed E-state index contributed by atoms with van der Waals surface area (Å²) in [6, 6.07) is 0. The number of ether oxygens (including phenoxy) is 1. The van der Waals surface area contributed by atoms with Gasteiger partial charge in [-0.05, 0) is 20.8 Å². The first-order valence-corrected chi connectivity index (χ1v) is 3.65. The smallest absolute Gasteiger partial charge is 0.355 e. The van der Waals surface area contributed by atoms with Gasteiger partial charge in [-0.25, -0.2) is 0 Å². The molecule has 0 heterocycles. The van der Waals surface area contributed by atoms with E-state index in [0.29, 0.717) is 0 Å². The third-order valence-corrected chi connectivity index (χ3v) is 1.07. The summed E-state index contributed by atoms with van der Waals surface area (Å²) in [5.74, 6) is 0. The van der Waals surface area contributed by atoms with E-state index in [1.54, 1.807) is 0 Å². The van der Waals surface area contributed by atoms with Gasteiger partial charge in [-0.15, -0.1) is 0 Å². The SMILES string of the molecule is CC(C)(C)OC(C(F)(F)F)C(F)(F)F. The van der Waals surface area contributed by atoms with Crippen molar-refractivity contribution in [3.8, 4) is 0 Å². The fraction of sp³-hybridized carbons (Fsp3) is 1.00. The summed E-state index contributed by atoms with van der Waals surface area (Å²) in [5.41, 5.74) is -1.50. The van der Waals surface area contributed by atoms with Crippen LogP contribution >= 0.6 is 0 Å². The van der Waals surface area contributed by atoms with Gasteiger partial charge in [-0.2, -0.15) is 26.3 Å². The molecule has 0 bridgehead atoms. The van der Waals surface area contributed by atoms with Crippen molar-refractivity contribution in [1.29, 1.82) is 0 Å². The van der Waals surface area contributed by atoms with E-state index in [4.69, 9.17) is 0 Å². The molecule has 0 atom stereocenters. The van der Waals surface area contributed by atoms with Gasteiger partial charge in [0.1, 0.15) is 0 Å². The molecule has 0 spiro atoms. The predicted molar refractivity (Wildman–Crippen MR) is 36.7 cm³/mol. The summed E-state index contributed by atoms with van der Waals surface area (Å²) >= 11 is 0. The molecule has 0 N–H and O–H groups in total. The van der Waals surface area contributed by atoms with Gasteiger partial charge in [0.15, 0.2) is 0 Å². The van der Waals surface area contributed by atoms with E-state index in [-0.39, 0.29) is 0 Å². The Bertz CT molecular complexity index is 172. The van der Waals surface area contributed by atoms with Gasteiger partial charge < -0.3 is 4.74 Å². The van der Waals surface area contributed by atoms with Crippen LogP contribution in [0.15, 0.2) is 0 Å². The Morgan fingerprint density at radius 2 is 1.07 bits per heavy atom. The van der Waals surface area contributed by atoms with E-state index in [1.165, 1.54) is 0 Å². The topological polar surface area (TPSA) is 9.23 Å². The summed E-state index contributed by atoms with van der Waals surface area (Å²) in [5, 5.41) is 0. The summed E-state index contributed by atoms with van der Waals surface area (Å²) in [6.45, 7) is 3.37. The molecule has 0 unspecified atom stereocenters. The summed E-state index contributed by atoms with van der Waals surface area (Å²) < 4.78 is 75.3. The number of rotatable bonds is 1. The molecule has 0 aromatic rings. The van der Waals surface area contributed by atoms with Gasteiger partial charge >= 0.3 is 12.4 Å². The van der Waals surface area contributed by atoms with Crippen molar-refractivity contribution in [1.82, 2.24) is 0 Å². The predicted octanol–water partition coefficient (Wildman–Crippen LogP) is 3.29. The molecule has 0 saturated heterocycles. The average molecular weight is 224 g/mol. The Labute approximate surface area is 77.0 Å². The summed E-state index contributed by atoms with van der Waals surface area (Å²) in [6.07, 6.45) is -14.6. The Morgan fingerprint density at radius 3 is 1.14 bits per heavy atom. The molecule has 0 aliphatic rings. The summed E-state index contributed by atoms with van der Waals surface area (Å²) in [7, 11) is 0. The van der Waals surface area contributed by atoms with Crippen LogP contribution in [-0.4, -0.2) is 24.1 Å². The van der Waals surface area contributed by atoms with Gasteiger partial charge in [0.2, 0.25) is 6.10 Å². The van der Waals surface area contributed by atoms with E-state index in [2.05, 4.69) is 4.74 Å². The number of hydrogen-bond acceptors (Lipinski definition) is 1. The zero-order valence-corrected chi connectivity index (χ0v) is 7.75. The van der Waals surface area contributed by atoms with E-state index < -0.39 is 24.1 Å². The first kappa shape index (κ1) is 13.5. The highest BCUT2D eigenvalue weighted by Crippen LogP contribution is 2.37. The van der Waals surface area contributed by atoms with Crippen LogP contribution in [0.5, 0.6) is 0 Å². The van der Waals surface area contributed by atoms with Crippen LogP contribution in [0.4, 0.5) is 26.3 Å². The first-order valence-electron chi connectivity index (χ1n) is 3.65. The molecule has 0 radical (unpaired) electrons. The molecule has 0 amide bonds. The number of halogens is 6. The number of alkyl halides is 6. The van der Waals surface area contributed by atoms with Crippen molar-refractivity contribution < 1.29 is 31.1 Å². The van der Waals surface area contributed by atoms with Gasteiger partial charge in [-0.3, -0.25) is 0 Å². The minimum Gasteiger partial charge on any atom is -0.355 e. The molecule has 0 saturated carbocycles. The van der Waals surface area contributed by atoms with Crippen molar-refractivity contribution in [3.63, 3.8) is 0 Å². The molecular formula is C7H10F6O. The molecule has 7 heteroatoms. The lowest BCUT2D eigenvalue weighted by molar-refractivity contribution is -0.339. The van der Waals surface area contributed by atoms with Crippen molar-refractivity contribution in [2.75, 3.05) is 0 Å². The van der Waals surface area contributed by atoms with E-state index in [1.807, 2.05) is 0 Å². The van der Waals surface area contributed by atoms with E-state index in [9.17, 15) is 26.3 Å². The van der Waals surface area contributed by atoms with Crippen LogP contribution in [0, 0.1) is 0 Å². The largest absolute Gasteiger partial charge is 0.423 e. The Kier molecular flexibility index (Phi) is 3.48. The zero-order chi connectivity index (χ0) is 11.8. The highest BCUT2D eigenvalue weighted by molar-refractivity contribution is 4.79. The molecular weight excluding hydrogens is 214 g/mol. The maximum atomic E-state index is 11.9. The highest BCUT2D eigenvalue weighted by Gasteiger charge is 2.59. The fourth-order valence-electron chi connectivity index (χ4n) is 0.673. The lowest BCUT2D eigenvalue weighted by Gasteiger charge is -2.30. The maximum Gasteiger partial charge on any atom is 0.423 e. The van der Waals surface area contributed by atoms with Crippen LogP contribution < -0.4 is 0 Å². The van der Waals surface area contributed by atoms with Crippen molar-refractivity contribution in [2.45, 2.75) is 44.8 Å². The van der Waals surface area contributed by atoms with Crippen LogP contribution in [0.25, 0.3) is 0 Å². The van der Waals surface area contributed by atoms with Crippen LogP contribution in [0.1, 0.15) is 20.8 Å². The van der Waals surface area contributed by atoms with Crippen molar-refractivity contribution >= 4 is 0 Å². The molecule has 1 nitrogen and oxygen atoms in total. The van der Waals surface area contributed by atoms with Gasteiger partial charge in [-0.1, -0.05) is 0 Å². The van der Waals surface area contributed by atoms with Crippen LogP contribution in [0.2, 0.25) is 0 Å². The monoisotopic (exact) mass is 224 g/mol. The minimum absolute atomic E-state index is 1.12. The van der Waals surface area contributed by atoms with Crippen molar-refractivity contribution in [2.24, 2.45) is 0 Å². The third kappa shape index (κ3) is 4.69. The standard InChI is InChI=1S/C7H10F6O/c1-5(2,3)14-4(6(8,9)10)7(11,12)13/h4H,1-3H3. The summed E-state index contributed by atoms with van der Waals surface area (Å²) in [4.78, 5) is 0. The highest BCUT2D eigenvalue weighted by atomic mass is 19.4. The van der Waals surface area contributed by atoms with Gasteiger partial charge in [0.25, 0.3) is 0 Å². The zero-order valence-electron chi connectivity index (χ0n) is 7.75. The third-order valence-electron chi connectivity index (χ3n) is 1.07. The van der Waals surface area contributed by atoms with Gasteiger partial charge in [0.05, 0.1) is 5.60 Å². The fourth-order valence-corrected chi connectivity index (χ4v) is 0.673. The Balaban J connectivity index is 4.78. The molecule has 0 aromatic carbocycles. The molecule has 0 fully saturated rings. The molecule has 14 heavy (non-hydrogen) atoms. The lowest BCUT2D eigenvalue weighted by Crippen LogP contribution is -2.48. The molecule has 0 aliphatic heterocycles. The Hall–Kier alpha value is -0.460. The van der Waals surface area contributed by atoms with Gasteiger partial charge in [0, 0.05) is 0 Å². The first-order chi connectivity index (χ1) is 5.84. The second-order valence-electron chi connectivity index (χ2n) is 3.69. The Morgan fingerprint density at radius 1 is 0.786 bits per heavy atom. The average Bonchev–Trinajstić information content (AvgIpc) is 1.75. The molecule has 0 rings (SSSR count). The van der Waals surface area contributed by atoms with E-state index >= 15 is 0 Å². The molecule has 86 valence electrons. The normalized spacial score (nSPS) is 15.0.